The molecule has 8 heteroatoms. The molecule has 0 unspecified atom stereocenters. The summed E-state index contributed by atoms with van der Waals surface area (Å²) < 4.78 is 5.92. The van der Waals surface area contributed by atoms with Gasteiger partial charge in [-0.15, -0.1) is 0 Å². The van der Waals surface area contributed by atoms with E-state index in [0.717, 1.165) is 25.1 Å². The van der Waals surface area contributed by atoms with Crippen LogP contribution in [0.4, 0.5) is 4.79 Å². The summed E-state index contributed by atoms with van der Waals surface area (Å²) in [6, 6.07) is 5.58. The largest absolute Gasteiger partial charge is 0.375 e. The van der Waals surface area contributed by atoms with E-state index in [9.17, 15) is 4.79 Å². The minimum Gasteiger partial charge on any atom is -0.375 e. The van der Waals surface area contributed by atoms with Crippen LogP contribution in [0.25, 0.3) is 0 Å². The van der Waals surface area contributed by atoms with Crippen LogP contribution in [-0.4, -0.2) is 56.3 Å². The maximum atomic E-state index is 11.6. The third-order valence-corrected chi connectivity index (χ3v) is 5.37. The average Bonchev–Trinajstić information content (AvgIpc) is 2.98. The summed E-state index contributed by atoms with van der Waals surface area (Å²) in [7, 11) is 1.62. The highest BCUT2D eigenvalue weighted by molar-refractivity contribution is 6.35. The molecule has 2 rings (SSSR count). The summed E-state index contributed by atoms with van der Waals surface area (Å²) in [5.41, 5.74) is 6.58. The number of amides is 2. The first-order chi connectivity index (χ1) is 12.4. The van der Waals surface area contributed by atoms with Gasteiger partial charge in [-0.05, 0) is 31.0 Å². The molecule has 0 bridgehead atoms. The second kappa shape index (κ2) is 10.3. The normalized spacial score (nSPS) is 21.6. The quantitative estimate of drug-likeness (QED) is 0.623. The van der Waals surface area contributed by atoms with Crippen LogP contribution in [0.15, 0.2) is 18.2 Å². The van der Waals surface area contributed by atoms with Crippen LogP contribution < -0.4 is 16.4 Å². The molecule has 0 saturated carbocycles. The van der Waals surface area contributed by atoms with Crippen molar-refractivity contribution in [3.63, 3.8) is 0 Å². The lowest BCUT2D eigenvalue weighted by atomic mass is 10.1. The van der Waals surface area contributed by atoms with Crippen LogP contribution in [0, 0.1) is 5.92 Å². The van der Waals surface area contributed by atoms with Gasteiger partial charge in [-0.1, -0.05) is 36.2 Å². The summed E-state index contributed by atoms with van der Waals surface area (Å²) >= 11 is 12.4. The number of hydrogen-bond donors (Lipinski definition) is 3. The lowest BCUT2D eigenvalue weighted by Crippen LogP contribution is -2.42. The third-order valence-electron chi connectivity index (χ3n) is 4.66. The number of rotatable bonds is 8. The van der Waals surface area contributed by atoms with Crippen molar-refractivity contribution in [2.24, 2.45) is 11.7 Å². The van der Waals surface area contributed by atoms with Gasteiger partial charge in [0.1, 0.15) is 0 Å². The molecule has 0 aromatic heterocycles. The van der Waals surface area contributed by atoms with Crippen molar-refractivity contribution in [2.75, 3.05) is 33.3 Å². The van der Waals surface area contributed by atoms with E-state index in [1.165, 1.54) is 0 Å². The first-order valence-electron chi connectivity index (χ1n) is 8.87. The fourth-order valence-electron chi connectivity index (χ4n) is 3.19. The molecule has 6 nitrogen and oxygen atoms in total. The Bertz CT molecular complexity index is 582. The fraction of sp³-hybridized carbons (Fsp3) is 0.611. The number of hydrogen-bond acceptors (Lipinski definition) is 4. The van der Waals surface area contributed by atoms with Gasteiger partial charge in [-0.25, -0.2) is 4.79 Å². The van der Waals surface area contributed by atoms with E-state index in [4.69, 9.17) is 33.7 Å². The van der Waals surface area contributed by atoms with Crippen LogP contribution in [0.3, 0.4) is 0 Å². The molecule has 1 fully saturated rings. The molecule has 26 heavy (non-hydrogen) atoms. The maximum absolute atomic E-state index is 11.6. The zero-order valence-electron chi connectivity index (χ0n) is 15.3. The van der Waals surface area contributed by atoms with E-state index < -0.39 is 0 Å². The monoisotopic (exact) mass is 402 g/mol. The van der Waals surface area contributed by atoms with Crippen LogP contribution in [0.1, 0.15) is 18.9 Å². The second-order valence-electron chi connectivity index (χ2n) is 6.82. The summed E-state index contributed by atoms with van der Waals surface area (Å²) in [5.74, 6) is 0.384. The first-order valence-corrected chi connectivity index (χ1v) is 9.63. The predicted octanol–water partition coefficient (Wildman–Crippen LogP) is 2.48. The van der Waals surface area contributed by atoms with Gasteiger partial charge in [0, 0.05) is 47.8 Å². The molecule has 0 aliphatic carbocycles. The van der Waals surface area contributed by atoms with Crippen LogP contribution in [0.2, 0.25) is 10.0 Å². The van der Waals surface area contributed by atoms with Gasteiger partial charge in [0.05, 0.1) is 13.2 Å². The van der Waals surface area contributed by atoms with Crippen molar-refractivity contribution in [2.45, 2.75) is 32.0 Å². The van der Waals surface area contributed by atoms with Crippen LogP contribution in [0.5, 0.6) is 0 Å². The Morgan fingerprint density at radius 1 is 1.42 bits per heavy atom. The topological polar surface area (TPSA) is 79.6 Å². The Labute approximate surface area is 165 Å². The molecule has 0 spiro atoms. The fourth-order valence-corrected chi connectivity index (χ4v) is 3.69. The zero-order chi connectivity index (χ0) is 19.1. The Balaban J connectivity index is 1.93. The molecule has 2 amide bonds. The summed E-state index contributed by atoms with van der Waals surface area (Å²) in [6.45, 7) is 5.34. The lowest BCUT2D eigenvalue weighted by Gasteiger charge is -2.26. The van der Waals surface area contributed by atoms with Crippen molar-refractivity contribution in [1.29, 1.82) is 0 Å². The number of benzene rings is 1. The number of urea groups is 1. The predicted molar refractivity (Wildman–Crippen MR) is 106 cm³/mol. The van der Waals surface area contributed by atoms with Crippen molar-refractivity contribution in [3.8, 4) is 0 Å². The van der Waals surface area contributed by atoms with Gasteiger partial charge in [-0.2, -0.15) is 0 Å². The van der Waals surface area contributed by atoms with E-state index in [-0.39, 0.29) is 18.1 Å². The second-order valence-corrected chi connectivity index (χ2v) is 7.63. The molecule has 146 valence electrons. The molecule has 1 aliphatic rings. The molecule has 1 aliphatic heterocycles. The molecular weight excluding hydrogens is 375 g/mol. The van der Waals surface area contributed by atoms with E-state index in [2.05, 4.69) is 22.5 Å². The van der Waals surface area contributed by atoms with Gasteiger partial charge in [0.25, 0.3) is 0 Å². The van der Waals surface area contributed by atoms with E-state index in [0.29, 0.717) is 35.7 Å². The Morgan fingerprint density at radius 3 is 2.73 bits per heavy atom. The van der Waals surface area contributed by atoms with E-state index in [1.807, 2.05) is 6.07 Å². The van der Waals surface area contributed by atoms with E-state index >= 15 is 0 Å². The van der Waals surface area contributed by atoms with Crippen molar-refractivity contribution < 1.29 is 9.53 Å². The molecule has 1 heterocycles. The number of nitrogens with one attached hydrogen (secondary N) is 2. The molecular formula is C18H28Cl2N4O2. The lowest BCUT2D eigenvalue weighted by molar-refractivity contribution is 0.0627. The number of carbonyl (C=O) groups is 1. The third kappa shape index (κ3) is 5.99. The molecule has 1 aromatic carbocycles. The number of ether oxygens (including phenoxy) is 1. The number of nitrogens with two attached hydrogens (primary N) is 1. The van der Waals surface area contributed by atoms with E-state index in [1.54, 1.807) is 19.2 Å². The van der Waals surface area contributed by atoms with Gasteiger partial charge in [0.2, 0.25) is 0 Å². The Kier molecular flexibility index (Phi) is 8.44. The molecule has 1 aromatic rings. The highest BCUT2D eigenvalue weighted by Crippen LogP contribution is 2.26. The highest BCUT2D eigenvalue weighted by Gasteiger charge is 2.33. The number of likely N-dealkylation sites (tertiary alicyclic amines) is 1. The first kappa shape index (κ1) is 21.3. The SMILES string of the molecule is CNC(=O)N[C@@H]1C[C@@H](COCc2c(Cl)cccc2Cl)N(C[C@@H](C)CN)C1. The van der Waals surface area contributed by atoms with Crippen LogP contribution in [-0.2, 0) is 11.3 Å². The van der Waals surface area contributed by atoms with Gasteiger partial charge in [0.15, 0.2) is 0 Å². The smallest absolute Gasteiger partial charge is 0.314 e. The number of nitrogens with zero attached hydrogens (tertiary/aromatic N) is 1. The van der Waals surface area contributed by atoms with Crippen molar-refractivity contribution in [1.82, 2.24) is 15.5 Å². The minimum absolute atomic E-state index is 0.0948. The molecule has 0 radical (unpaired) electrons. The number of carbonyl (C=O) groups excluding carboxylic acids is 1. The minimum atomic E-state index is -0.161. The standard InChI is InChI=1S/C18H28Cl2N4O2/c1-12(7-21)8-24-9-13(23-18(25)22-2)6-14(24)10-26-11-15-16(19)4-3-5-17(15)20/h3-5,12-14H,6-11,21H2,1-2H3,(H2,22,23,25)/t12-,13+,14-/m0/s1. The van der Waals surface area contributed by atoms with Gasteiger partial charge < -0.3 is 21.1 Å². The molecule has 1 saturated heterocycles. The Morgan fingerprint density at radius 2 is 2.12 bits per heavy atom. The average molecular weight is 403 g/mol. The van der Waals surface area contributed by atoms with Crippen molar-refractivity contribution in [3.05, 3.63) is 33.8 Å². The zero-order valence-corrected chi connectivity index (χ0v) is 16.8. The maximum Gasteiger partial charge on any atom is 0.314 e. The molecule has 3 atom stereocenters. The molecule has 4 N–H and O–H groups in total. The highest BCUT2D eigenvalue weighted by atomic mass is 35.5. The summed E-state index contributed by atoms with van der Waals surface area (Å²) in [6.07, 6.45) is 0.834. The number of halogens is 2. The summed E-state index contributed by atoms with van der Waals surface area (Å²) in [5, 5.41) is 6.80. The summed E-state index contributed by atoms with van der Waals surface area (Å²) in [4.78, 5) is 14.0. The van der Waals surface area contributed by atoms with Crippen LogP contribution >= 0.6 is 23.2 Å². The Hall–Kier alpha value is -1.05. The van der Waals surface area contributed by atoms with Gasteiger partial charge in [-0.3, -0.25) is 4.90 Å². The van der Waals surface area contributed by atoms with Gasteiger partial charge >= 0.3 is 6.03 Å². The van der Waals surface area contributed by atoms with Crippen molar-refractivity contribution >= 4 is 29.2 Å².